The number of hydrogen-bond acceptors (Lipinski definition) is 4. The highest BCUT2D eigenvalue weighted by molar-refractivity contribution is 5.18. The van der Waals surface area contributed by atoms with Crippen LogP contribution in [0.2, 0.25) is 0 Å². The second-order valence-corrected chi connectivity index (χ2v) is 6.85. The first-order valence-electron chi connectivity index (χ1n) is 9.52. The molecule has 0 amide bonds. The first kappa shape index (κ1) is 17.7. The van der Waals surface area contributed by atoms with Crippen LogP contribution >= 0.6 is 0 Å². The smallest absolute Gasteiger partial charge is 0.184 e. The Morgan fingerprint density at radius 2 is 0.962 bits per heavy atom. The number of benzene rings is 2. The van der Waals surface area contributed by atoms with Crippen molar-refractivity contribution in [2.24, 2.45) is 0 Å². The van der Waals surface area contributed by atoms with Crippen molar-refractivity contribution in [1.82, 2.24) is 0 Å². The van der Waals surface area contributed by atoms with Crippen LogP contribution < -0.4 is 0 Å². The summed E-state index contributed by atoms with van der Waals surface area (Å²) in [6.07, 6.45) is 0.658. The van der Waals surface area contributed by atoms with Crippen LogP contribution in [0.15, 0.2) is 60.7 Å². The Balaban J connectivity index is 1.59. The lowest BCUT2D eigenvalue weighted by molar-refractivity contribution is -0.382. The Morgan fingerprint density at radius 3 is 1.31 bits per heavy atom. The average Bonchev–Trinajstić information content (AvgIpc) is 2.73. The molecule has 2 aliphatic heterocycles. The Labute approximate surface area is 155 Å². The van der Waals surface area contributed by atoms with E-state index in [1.807, 2.05) is 60.7 Å². The summed E-state index contributed by atoms with van der Waals surface area (Å²) >= 11 is 0. The molecule has 4 rings (SSSR count). The van der Waals surface area contributed by atoms with Gasteiger partial charge in [0.25, 0.3) is 0 Å². The lowest BCUT2D eigenvalue weighted by Crippen LogP contribution is -2.57. The van der Waals surface area contributed by atoms with Gasteiger partial charge in [-0.1, -0.05) is 74.5 Å². The molecule has 0 bridgehead atoms. The zero-order valence-corrected chi connectivity index (χ0v) is 15.3. The lowest BCUT2D eigenvalue weighted by Gasteiger charge is -2.49. The maximum Gasteiger partial charge on any atom is 0.184 e. The summed E-state index contributed by atoms with van der Waals surface area (Å²) in [4.78, 5) is 0. The molecule has 26 heavy (non-hydrogen) atoms. The van der Waals surface area contributed by atoms with Gasteiger partial charge in [0, 0.05) is 11.1 Å². The minimum atomic E-state index is -0.378. The third kappa shape index (κ3) is 3.42. The van der Waals surface area contributed by atoms with Crippen LogP contribution in [-0.2, 0) is 18.9 Å². The van der Waals surface area contributed by atoms with E-state index in [0.29, 0.717) is 0 Å². The summed E-state index contributed by atoms with van der Waals surface area (Å²) in [5.41, 5.74) is 2.06. The van der Waals surface area contributed by atoms with Crippen molar-refractivity contribution in [2.45, 2.75) is 63.7 Å². The fourth-order valence-electron chi connectivity index (χ4n) is 3.77. The van der Waals surface area contributed by atoms with Gasteiger partial charge >= 0.3 is 0 Å². The van der Waals surface area contributed by atoms with Gasteiger partial charge in [-0.15, -0.1) is 0 Å². The molecule has 2 aromatic carbocycles. The summed E-state index contributed by atoms with van der Waals surface area (Å²) in [5.74, 6) is 0. The van der Waals surface area contributed by atoms with Crippen molar-refractivity contribution >= 4 is 0 Å². The summed E-state index contributed by atoms with van der Waals surface area (Å²) in [6.45, 7) is 4.26. The Hall–Kier alpha value is -1.72. The van der Waals surface area contributed by atoms with Gasteiger partial charge in [-0.25, -0.2) is 0 Å². The van der Waals surface area contributed by atoms with E-state index in [2.05, 4.69) is 13.8 Å². The van der Waals surface area contributed by atoms with E-state index in [-0.39, 0.29) is 37.0 Å². The molecule has 2 fully saturated rings. The predicted molar refractivity (Wildman–Crippen MR) is 98.4 cm³/mol. The summed E-state index contributed by atoms with van der Waals surface area (Å²) < 4.78 is 25.2. The van der Waals surface area contributed by atoms with Crippen LogP contribution in [0.3, 0.4) is 0 Å². The van der Waals surface area contributed by atoms with Gasteiger partial charge in [0.2, 0.25) is 0 Å². The van der Waals surface area contributed by atoms with Crippen LogP contribution in [0, 0.1) is 0 Å². The summed E-state index contributed by atoms with van der Waals surface area (Å²) in [6, 6.07) is 20.2. The van der Waals surface area contributed by atoms with Crippen LogP contribution in [0.1, 0.15) is 50.4 Å². The van der Waals surface area contributed by atoms with Crippen molar-refractivity contribution < 1.29 is 18.9 Å². The van der Waals surface area contributed by atoms with Crippen molar-refractivity contribution in [2.75, 3.05) is 0 Å². The van der Waals surface area contributed by atoms with Crippen molar-refractivity contribution in [1.29, 1.82) is 0 Å². The molecule has 0 spiro atoms. The predicted octanol–water partition coefficient (Wildman–Crippen LogP) is 4.77. The topological polar surface area (TPSA) is 36.9 Å². The second-order valence-electron chi connectivity index (χ2n) is 6.85. The number of fused-ring (bicyclic) bond motifs is 1. The molecule has 4 heteroatoms. The Kier molecular flexibility index (Phi) is 5.36. The van der Waals surface area contributed by atoms with E-state index in [4.69, 9.17) is 18.9 Å². The molecule has 138 valence electrons. The molecular weight excluding hydrogens is 328 g/mol. The fourth-order valence-corrected chi connectivity index (χ4v) is 3.77. The molecule has 0 saturated carbocycles. The normalized spacial score (nSPS) is 34.2. The minimum Gasteiger partial charge on any atom is -0.342 e. The fraction of sp³-hybridized carbons (Fsp3) is 0.455. The maximum absolute atomic E-state index is 6.32. The van der Waals surface area contributed by atoms with Gasteiger partial charge in [-0.05, 0) is 12.8 Å². The minimum absolute atomic E-state index is 0.0249. The van der Waals surface area contributed by atoms with Crippen LogP contribution in [-0.4, -0.2) is 24.4 Å². The summed E-state index contributed by atoms with van der Waals surface area (Å²) in [7, 11) is 0. The first-order chi connectivity index (χ1) is 12.8. The van der Waals surface area contributed by atoms with E-state index >= 15 is 0 Å². The van der Waals surface area contributed by atoms with Gasteiger partial charge in [-0.2, -0.15) is 0 Å². The number of ether oxygens (including phenoxy) is 4. The molecule has 2 saturated heterocycles. The largest absolute Gasteiger partial charge is 0.342 e. The van der Waals surface area contributed by atoms with Crippen LogP contribution in [0.5, 0.6) is 0 Å². The van der Waals surface area contributed by atoms with Crippen LogP contribution in [0.25, 0.3) is 0 Å². The zero-order chi connectivity index (χ0) is 17.9. The van der Waals surface area contributed by atoms with E-state index in [1.165, 1.54) is 0 Å². The molecule has 6 atom stereocenters. The second kappa shape index (κ2) is 7.89. The molecule has 0 aliphatic carbocycles. The van der Waals surface area contributed by atoms with Gasteiger partial charge in [-0.3, -0.25) is 0 Å². The molecular formula is C22H26O4. The Morgan fingerprint density at radius 1 is 0.577 bits per heavy atom. The molecule has 2 heterocycles. The van der Waals surface area contributed by atoms with E-state index in [9.17, 15) is 0 Å². The van der Waals surface area contributed by atoms with Gasteiger partial charge < -0.3 is 18.9 Å². The summed E-state index contributed by atoms with van der Waals surface area (Å²) in [5, 5.41) is 0. The molecule has 2 aliphatic rings. The van der Waals surface area contributed by atoms with Gasteiger partial charge in [0.05, 0.1) is 12.2 Å². The van der Waals surface area contributed by atoms with Gasteiger partial charge in [0.1, 0.15) is 12.2 Å². The highest BCUT2D eigenvalue weighted by atomic mass is 16.8. The quantitative estimate of drug-likeness (QED) is 0.792. The van der Waals surface area contributed by atoms with Crippen LogP contribution in [0.4, 0.5) is 0 Å². The van der Waals surface area contributed by atoms with Gasteiger partial charge in [0.15, 0.2) is 12.6 Å². The standard InChI is InChI=1S/C22H26O4/c1-3-17-19-20(26-21(23-17)15-11-7-5-8-12-15)18(4-2)24-22(25-19)16-13-9-6-10-14-16/h5-14,17-22H,3-4H2,1-2H3/t17-,18?,19?,20?,21?,22-/m0/s1. The maximum atomic E-state index is 6.32. The number of rotatable bonds is 4. The number of hydrogen-bond donors (Lipinski definition) is 0. The SMILES string of the molecule is CCC1O[C@H](c2ccccc2)OC2C1OC(c1ccccc1)O[C@H]2CC. The lowest BCUT2D eigenvalue weighted by atomic mass is 9.95. The van der Waals surface area contributed by atoms with Crippen molar-refractivity contribution in [3.05, 3.63) is 71.8 Å². The van der Waals surface area contributed by atoms with E-state index < -0.39 is 0 Å². The molecule has 0 N–H and O–H groups in total. The van der Waals surface area contributed by atoms with E-state index in [1.54, 1.807) is 0 Å². The third-order valence-corrected chi connectivity index (χ3v) is 5.16. The molecule has 0 aromatic heterocycles. The van der Waals surface area contributed by atoms with Crippen molar-refractivity contribution in [3.8, 4) is 0 Å². The monoisotopic (exact) mass is 354 g/mol. The molecule has 0 radical (unpaired) electrons. The molecule has 2 aromatic rings. The van der Waals surface area contributed by atoms with E-state index in [0.717, 1.165) is 24.0 Å². The van der Waals surface area contributed by atoms with Crippen molar-refractivity contribution in [3.63, 3.8) is 0 Å². The third-order valence-electron chi connectivity index (χ3n) is 5.16. The molecule has 4 unspecified atom stereocenters. The average molecular weight is 354 g/mol. The molecule has 4 nitrogen and oxygen atoms in total. The first-order valence-corrected chi connectivity index (χ1v) is 9.52. The zero-order valence-electron chi connectivity index (χ0n) is 15.3. The highest BCUT2D eigenvalue weighted by Crippen LogP contribution is 2.41. The highest BCUT2D eigenvalue weighted by Gasteiger charge is 2.48. The Bertz CT molecular complexity index is 628.